The van der Waals surface area contributed by atoms with Gasteiger partial charge in [-0.25, -0.2) is 0 Å². The van der Waals surface area contributed by atoms with Crippen molar-refractivity contribution < 1.29 is 32.2 Å². The summed E-state index contributed by atoms with van der Waals surface area (Å²) in [5.74, 6) is 1.30. The van der Waals surface area contributed by atoms with Gasteiger partial charge in [0.1, 0.15) is 0 Å². The highest BCUT2D eigenvalue weighted by Gasteiger charge is 2.31. The van der Waals surface area contributed by atoms with Crippen LogP contribution in [-0.2, 0) is 17.5 Å². The Labute approximate surface area is 197 Å². The van der Waals surface area contributed by atoms with Gasteiger partial charge < -0.3 is 19.1 Å². The number of carbonyl (C=O) groups is 1. The first kappa shape index (κ1) is 24.3. The number of nitrogens with zero attached hydrogens (tertiary/aromatic N) is 2. The summed E-state index contributed by atoms with van der Waals surface area (Å²) in [4.78, 5) is 17.2. The second-order valence-electron chi connectivity index (χ2n) is 9.10. The van der Waals surface area contributed by atoms with Crippen LogP contribution < -0.4 is 9.47 Å². The Balaban J connectivity index is 1.42. The van der Waals surface area contributed by atoms with Crippen molar-refractivity contribution in [3.63, 3.8) is 0 Å². The third-order valence-electron chi connectivity index (χ3n) is 5.80. The van der Waals surface area contributed by atoms with E-state index in [2.05, 4.69) is 4.90 Å². The third kappa shape index (κ3) is 6.01. The molecule has 0 spiro atoms. The van der Waals surface area contributed by atoms with E-state index in [1.54, 1.807) is 29.2 Å². The van der Waals surface area contributed by atoms with Gasteiger partial charge in [0.2, 0.25) is 6.79 Å². The zero-order chi connectivity index (χ0) is 24.3. The summed E-state index contributed by atoms with van der Waals surface area (Å²) >= 11 is 0. The number of alkyl halides is 3. The smallest absolute Gasteiger partial charge is 0.416 e. The highest BCUT2D eigenvalue weighted by Crippen LogP contribution is 2.33. The third-order valence-corrected chi connectivity index (χ3v) is 5.80. The maximum Gasteiger partial charge on any atom is 0.416 e. The molecule has 0 radical (unpaired) electrons. The van der Waals surface area contributed by atoms with E-state index < -0.39 is 11.7 Å². The summed E-state index contributed by atoms with van der Waals surface area (Å²) in [6.07, 6.45) is -4.60. The highest BCUT2D eigenvalue weighted by molar-refractivity contribution is 5.95. The predicted molar refractivity (Wildman–Crippen MR) is 120 cm³/mol. The van der Waals surface area contributed by atoms with Crippen LogP contribution in [0, 0.1) is 5.92 Å². The number of hydrogen-bond acceptors (Lipinski definition) is 5. The molecule has 4 rings (SSSR count). The van der Waals surface area contributed by atoms with Gasteiger partial charge in [0.05, 0.1) is 18.3 Å². The summed E-state index contributed by atoms with van der Waals surface area (Å²) in [5.41, 5.74) is 0.472. The summed E-state index contributed by atoms with van der Waals surface area (Å²) < 4.78 is 55.8. The average molecular weight is 479 g/mol. The van der Waals surface area contributed by atoms with Crippen molar-refractivity contribution in [3.05, 3.63) is 59.2 Å². The lowest BCUT2D eigenvalue weighted by Crippen LogP contribution is -2.49. The molecule has 0 aromatic heterocycles. The fraction of sp³-hybridized carbons (Fsp3) is 0.480. The Kier molecular flexibility index (Phi) is 7.33. The lowest BCUT2D eigenvalue weighted by molar-refractivity contribution is -0.137. The predicted octanol–water partition coefficient (Wildman–Crippen LogP) is 4.43. The number of benzene rings is 2. The van der Waals surface area contributed by atoms with Gasteiger partial charge in [0.15, 0.2) is 11.5 Å². The SMILES string of the molecule is CC(C)CN(CC1CN(Cc2cccc(C(F)(F)F)c2)CCO1)C(=O)c1ccc2c(c1)OCO2. The summed E-state index contributed by atoms with van der Waals surface area (Å²) in [6.45, 7) is 7.17. The number of amides is 1. The van der Waals surface area contributed by atoms with Crippen molar-refractivity contribution >= 4 is 5.91 Å². The number of fused-ring (bicyclic) bond motifs is 1. The van der Waals surface area contributed by atoms with Crippen molar-refractivity contribution in [2.75, 3.05) is 39.6 Å². The second-order valence-corrected chi connectivity index (χ2v) is 9.10. The van der Waals surface area contributed by atoms with Crippen molar-refractivity contribution in [2.24, 2.45) is 5.92 Å². The largest absolute Gasteiger partial charge is 0.454 e. The molecule has 2 aliphatic heterocycles. The molecule has 2 heterocycles. The molecule has 1 fully saturated rings. The zero-order valence-electron chi connectivity index (χ0n) is 19.3. The van der Waals surface area contributed by atoms with Gasteiger partial charge in [0, 0.05) is 38.3 Å². The van der Waals surface area contributed by atoms with E-state index in [-0.39, 0.29) is 24.7 Å². The van der Waals surface area contributed by atoms with Gasteiger partial charge >= 0.3 is 6.18 Å². The Morgan fingerprint density at radius 1 is 1.15 bits per heavy atom. The van der Waals surface area contributed by atoms with Crippen molar-refractivity contribution in [1.82, 2.24) is 9.80 Å². The van der Waals surface area contributed by atoms with E-state index in [9.17, 15) is 18.0 Å². The van der Waals surface area contributed by atoms with Gasteiger partial charge in [-0.05, 0) is 35.7 Å². The number of carbonyl (C=O) groups excluding carboxylic acids is 1. The minimum atomic E-state index is -4.37. The average Bonchev–Trinajstić information content (AvgIpc) is 3.26. The van der Waals surface area contributed by atoms with E-state index >= 15 is 0 Å². The van der Waals surface area contributed by atoms with E-state index in [1.165, 1.54) is 12.1 Å². The standard InChI is InChI=1S/C25H29F3N2O4/c1-17(2)12-30(24(31)19-6-7-22-23(11-19)34-16-33-22)15-21-14-29(8-9-32-21)13-18-4-3-5-20(10-18)25(26,27)28/h3-7,10-11,17,21H,8-9,12-16H2,1-2H3. The lowest BCUT2D eigenvalue weighted by Gasteiger charge is -2.36. The van der Waals surface area contributed by atoms with E-state index in [4.69, 9.17) is 14.2 Å². The number of rotatable bonds is 7. The first-order chi connectivity index (χ1) is 16.2. The first-order valence-corrected chi connectivity index (χ1v) is 11.4. The van der Waals surface area contributed by atoms with Crippen molar-refractivity contribution in [2.45, 2.75) is 32.7 Å². The Bertz CT molecular complexity index is 1010. The first-order valence-electron chi connectivity index (χ1n) is 11.4. The van der Waals surface area contributed by atoms with Crippen LogP contribution in [0.15, 0.2) is 42.5 Å². The molecule has 184 valence electrons. The molecule has 2 aromatic carbocycles. The number of morpholine rings is 1. The van der Waals surface area contributed by atoms with Crippen LogP contribution in [0.4, 0.5) is 13.2 Å². The van der Waals surface area contributed by atoms with Gasteiger partial charge in [0.25, 0.3) is 5.91 Å². The number of halogens is 3. The second kappa shape index (κ2) is 10.2. The Morgan fingerprint density at radius 2 is 1.94 bits per heavy atom. The molecule has 1 atom stereocenters. The molecule has 1 amide bonds. The van der Waals surface area contributed by atoms with E-state index in [0.29, 0.717) is 62.0 Å². The maximum absolute atomic E-state index is 13.3. The topological polar surface area (TPSA) is 51.2 Å². The molecule has 1 saturated heterocycles. The summed E-state index contributed by atoms with van der Waals surface area (Å²) in [5, 5.41) is 0. The minimum Gasteiger partial charge on any atom is -0.454 e. The number of ether oxygens (including phenoxy) is 3. The molecular weight excluding hydrogens is 449 g/mol. The van der Waals surface area contributed by atoms with Crippen LogP contribution in [0.25, 0.3) is 0 Å². The van der Waals surface area contributed by atoms with Crippen molar-refractivity contribution in [1.29, 1.82) is 0 Å². The van der Waals surface area contributed by atoms with Crippen molar-refractivity contribution in [3.8, 4) is 11.5 Å². The van der Waals surface area contributed by atoms with Gasteiger partial charge in [-0.2, -0.15) is 13.2 Å². The molecule has 0 aliphatic carbocycles. The molecule has 6 nitrogen and oxygen atoms in total. The molecule has 9 heteroatoms. The van der Waals surface area contributed by atoms with Crippen LogP contribution in [0.2, 0.25) is 0 Å². The molecule has 0 N–H and O–H groups in total. The highest BCUT2D eigenvalue weighted by atomic mass is 19.4. The van der Waals surface area contributed by atoms with Gasteiger partial charge in [-0.1, -0.05) is 32.0 Å². The quantitative estimate of drug-likeness (QED) is 0.589. The van der Waals surface area contributed by atoms with Crippen LogP contribution in [-0.4, -0.2) is 61.4 Å². The Morgan fingerprint density at radius 3 is 2.71 bits per heavy atom. The fourth-order valence-corrected chi connectivity index (χ4v) is 4.28. The molecule has 2 aromatic rings. The van der Waals surface area contributed by atoms with E-state index in [0.717, 1.165) is 6.07 Å². The fourth-order valence-electron chi connectivity index (χ4n) is 4.28. The maximum atomic E-state index is 13.3. The molecule has 0 saturated carbocycles. The molecule has 1 unspecified atom stereocenters. The normalized spacial score (nSPS) is 18.4. The zero-order valence-corrected chi connectivity index (χ0v) is 19.3. The number of hydrogen-bond donors (Lipinski definition) is 0. The molecular formula is C25H29F3N2O4. The van der Waals surface area contributed by atoms with Gasteiger partial charge in [-0.3, -0.25) is 9.69 Å². The van der Waals surface area contributed by atoms with Crippen LogP contribution in [0.5, 0.6) is 11.5 Å². The minimum absolute atomic E-state index is 0.120. The summed E-state index contributed by atoms with van der Waals surface area (Å²) in [7, 11) is 0. The lowest BCUT2D eigenvalue weighted by atomic mass is 10.1. The Hall–Kier alpha value is -2.78. The molecule has 0 bridgehead atoms. The summed E-state index contributed by atoms with van der Waals surface area (Å²) in [6, 6.07) is 10.6. The van der Waals surface area contributed by atoms with Crippen LogP contribution >= 0.6 is 0 Å². The van der Waals surface area contributed by atoms with Crippen LogP contribution in [0.1, 0.15) is 35.3 Å². The monoisotopic (exact) mass is 478 g/mol. The van der Waals surface area contributed by atoms with Gasteiger partial charge in [-0.15, -0.1) is 0 Å². The molecule has 2 aliphatic rings. The van der Waals surface area contributed by atoms with E-state index in [1.807, 2.05) is 13.8 Å². The van der Waals surface area contributed by atoms with Crippen LogP contribution in [0.3, 0.4) is 0 Å². The molecule has 34 heavy (non-hydrogen) atoms.